The molecular weight excluding hydrogens is 284 g/mol. The second kappa shape index (κ2) is 5.20. The van der Waals surface area contributed by atoms with Crippen LogP contribution >= 0.6 is 11.8 Å². The van der Waals surface area contributed by atoms with E-state index in [4.69, 9.17) is 0 Å². The van der Waals surface area contributed by atoms with Gasteiger partial charge >= 0.3 is 6.55 Å². The first-order chi connectivity index (χ1) is 9.65. The summed E-state index contributed by atoms with van der Waals surface area (Å²) in [5.74, 6) is 1.29. The summed E-state index contributed by atoms with van der Waals surface area (Å²) in [6, 6.07) is 6.86. The van der Waals surface area contributed by atoms with E-state index in [2.05, 4.69) is 20.2 Å². The number of fused-ring (bicyclic) bond motifs is 1. The molecule has 0 saturated carbocycles. The summed E-state index contributed by atoms with van der Waals surface area (Å²) in [7, 11) is 0. The molecule has 0 bridgehead atoms. The lowest BCUT2D eigenvalue weighted by Gasteiger charge is -2.06. The Labute approximate surface area is 117 Å². The van der Waals surface area contributed by atoms with Gasteiger partial charge in [-0.25, -0.2) is 9.97 Å². The summed E-state index contributed by atoms with van der Waals surface area (Å²) in [5, 5.41) is 7.20. The predicted octanol–water partition coefficient (Wildman–Crippen LogP) is 3.15. The van der Waals surface area contributed by atoms with Crippen LogP contribution < -0.4 is 0 Å². The van der Waals surface area contributed by atoms with Crippen molar-refractivity contribution in [2.45, 2.75) is 24.4 Å². The fourth-order valence-corrected chi connectivity index (χ4v) is 2.70. The van der Waals surface area contributed by atoms with Crippen LogP contribution in [0.3, 0.4) is 0 Å². The van der Waals surface area contributed by atoms with E-state index in [1.165, 1.54) is 11.8 Å². The average molecular weight is 295 g/mol. The van der Waals surface area contributed by atoms with Gasteiger partial charge in [0.05, 0.1) is 16.8 Å². The van der Waals surface area contributed by atoms with E-state index in [0.717, 1.165) is 4.57 Å². The van der Waals surface area contributed by atoms with Gasteiger partial charge in [0.25, 0.3) is 0 Å². The number of rotatable bonds is 4. The van der Waals surface area contributed by atoms with Crippen LogP contribution in [0.4, 0.5) is 8.78 Å². The molecule has 0 aliphatic rings. The number of thioether (sulfide) groups is 1. The topological polar surface area (TPSA) is 59.4 Å². The molecule has 104 valence electrons. The first-order valence-corrected chi connectivity index (χ1v) is 6.89. The number of alkyl halides is 2. The monoisotopic (exact) mass is 295 g/mol. The van der Waals surface area contributed by atoms with Gasteiger partial charge in [-0.2, -0.15) is 8.78 Å². The summed E-state index contributed by atoms with van der Waals surface area (Å²) in [6.07, 6.45) is 0. The molecule has 3 rings (SSSR count). The Morgan fingerprint density at radius 3 is 2.80 bits per heavy atom. The van der Waals surface area contributed by atoms with Crippen molar-refractivity contribution in [3.63, 3.8) is 0 Å². The minimum atomic E-state index is -2.62. The Morgan fingerprint density at radius 2 is 2.10 bits per heavy atom. The summed E-state index contributed by atoms with van der Waals surface area (Å²) >= 11 is 1.27. The highest BCUT2D eigenvalue weighted by atomic mass is 32.2. The van der Waals surface area contributed by atoms with E-state index in [0.29, 0.717) is 27.8 Å². The molecule has 1 aromatic carbocycles. The Bertz CT molecular complexity index is 736. The van der Waals surface area contributed by atoms with Gasteiger partial charge in [0, 0.05) is 0 Å². The van der Waals surface area contributed by atoms with Crippen molar-refractivity contribution in [1.82, 2.24) is 24.7 Å². The summed E-state index contributed by atoms with van der Waals surface area (Å²) in [5.41, 5.74) is 0.999. The number of nitrogens with one attached hydrogen (secondary N) is 1. The van der Waals surface area contributed by atoms with Crippen LogP contribution in [0, 0.1) is 6.92 Å². The normalized spacial score (nSPS) is 11.6. The molecule has 3 aromatic rings. The molecule has 8 heteroatoms. The van der Waals surface area contributed by atoms with E-state index in [9.17, 15) is 8.78 Å². The van der Waals surface area contributed by atoms with E-state index in [1.807, 2.05) is 0 Å². The molecule has 1 N–H and O–H groups in total. The van der Waals surface area contributed by atoms with Crippen LogP contribution in [-0.4, -0.2) is 24.7 Å². The molecule has 0 atom stereocenters. The Morgan fingerprint density at radius 1 is 1.30 bits per heavy atom. The first kappa shape index (κ1) is 13.0. The maximum absolute atomic E-state index is 13.2. The van der Waals surface area contributed by atoms with Gasteiger partial charge in [-0.05, 0) is 19.1 Å². The van der Waals surface area contributed by atoms with Crippen LogP contribution in [0.5, 0.6) is 0 Å². The molecule has 0 spiro atoms. The lowest BCUT2D eigenvalue weighted by atomic mass is 10.3. The number of aryl methyl sites for hydroxylation is 1. The standard InChI is InChI=1S/C12H11F2N5S/c1-7-15-12(18-17-7)20-6-10-16-8-4-2-3-5-9(8)19(10)11(13)14/h2-5,11H,6H2,1H3,(H,15,17,18). The number of benzene rings is 1. The summed E-state index contributed by atoms with van der Waals surface area (Å²) < 4.78 is 27.3. The SMILES string of the molecule is Cc1nc(SCc2nc3ccccc3n2C(F)F)n[nH]1. The zero-order valence-electron chi connectivity index (χ0n) is 10.5. The van der Waals surface area contributed by atoms with Crippen molar-refractivity contribution in [1.29, 1.82) is 0 Å². The lowest BCUT2D eigenvalue weighted by Crippen LogP contribution is -2.03. The highest BCUT2D eigenvalue weighted by Crippen LogP contribution is 2.27. The molecule has 5 nitrogen and oxygen atoms in total. The van der Waals surface area contributed by atoms with Gasteiger partial charge in [0.15, 0.2) is 0 Å². The van der Waals surface area contributed by atoms with Crippen LogP contribution in [-0.2, 0) is 5.75 Å². The molecule has 0 saturated heterocycles. The number of hydrogen-bond donors (Lipinski definition) is 1. The fraction of sp³-hybridized carbons (Fsp3) is 0.250. The molecule has 20 heavy (non-hydrogen) atoms. The van der Waals surface area contributed by atoms with E-state index >= 15 is 0 Å². The number of halogens is 2. The molecule has 0 aliphatic heterocycles. The Hall–Kier alpha value is -1.96. The second-order valence-corrected chi connectivity index (χ2v) is 5.10. The van der Waals surface area contributed by atoms with Crippen molar-refractivity contribution in [2.75, 3.05) is 0 Å². The van der Waals surface area contributed by atoms with Gasteiger partial charge in [-0.1, -0.05) is 23.9 Å². The van der Waals surface area contributed by atoms with E-state index in [-0.39, 0.29) is 5.75 Å². The number of nitrogens with zero attached hydrogens (tertiary/aromatic N) is 4. The number of H-pyrrole nitrogens is 1. The largest absolute Gasteiger partial charge is 0.320 e. The quantitative estimate of drug-likeness (QED) is 0.751. The molecule has 0 fully saturated rings. The van der Waals surface area contributed by atoms with E-state index < -0.39 is 6.55 Å². The maximum Gasteiger partial charge on any atom is 0.320 e. The highest BCUT2D eigenvalue weighted by molar-refractivity contribution is 7.98. The average Bonchev–Trinajstić information content (AvgIpc) is 2.99. The molecule has 0 aliphatic carbocycles. The summed E-state index contributed by atoms with van der Waals surface area (Å²) in [6.45, 7) is -0.835. The van der Waals surface area contributed by atoms with Crippen molar-refractivity contribution >= 4 is 22.8 Å². The third kappa shape index (κ3) is 2.38. The van der Waals surface area contributed by atoms with Crippen molar-refractivity contribution in [3.8, 4) is 0 Å². The van der Waals surface area contributed by atoms with Crippen molar-refractivity contribution in [3.05, 3.63) is 35.9 Å². The maximum atomic E-state index is 13.2. The van der Waals surface area contributed by atoms with Crippen molar-refractivity contribution < 1.29 is 8.78 Å². The van der Waals surface area contributed by atoms with Crippen LogP contribution in [0.2, 0.25) is 0 Å². The minimum Gasteiger partial charge on any atom is -0.269 e. The molecule has 2 heterocycles. The number of imidazole rings is 1. The summed E-state index contributed by atoms with van der Waals surface area (Å²) in [4.78, 5) is 8.38. The first-order valence-electron chi connectivity index (χ1n) is 5.91. The number of aromatic nitrogens is 5. The lowest BCUT2D eigenvalue weighted by molar-refractivity contribution is 0.0722. The molecule has 2 aromatic heterocycles. The number of aromatic amines is 1. The molecule has 0 radical (unpaired) electrons. The third-order valence-electron chi connectivity index (χ3n) is 2.77. The van der Waals surface area contributed by atoms with Crippen LogP contribution in [0.15, 0.2) is 29.4 Å². The van der Waals surface area contributed by atoms with Gasteiger partial charge in [-0.3, -0.25) is 9.67 Å². The van der Waals surface area contributed by atoms with Crippen LogP contribution in [0.1, 0.15) is 18.2 Å². The van der Waals surface area contributed by atoms with Crippen molar-refractivity contribution in [2.24, 2.45) is 0 Å². The van der Waals surface area contributed by atoms with Gasteiger partial charge in [-0.15, -0.1) is 5.10 Å². The van der Waals surface area contributed by atoms with Gasteiger partial charge < -0.3 is 0 Å². The van der Waals surface area contributed by atoms with Gasteiger partial charge in [0.2, 0.25) is 5.16 Å². The number of para-hydroxylation sites is 2. The molecule has 0 amide bonds. The molecular formula is C12H11F2N5S. The third-order valence-corrected chi connectivity index (χ3v) is 3.61. The zero-order valence-corrected chi connectivity index (χ0v) is 11.4. The molecule has 0 unspecified atom stereocenters. The van der Waals surface area contributed by atoms with Gasteiger partial charge in [0.1, 0.15) is 11.6 Å². The second-order valence-electron chi connectivity index (χ2n) is 4.16. The Balaban J connectivity index is 1.92. The fourth-order valence-electron chi connectivity index (χ4n) is 1.93. The smallest absolute Gasteiger partial charge is 0.269 e. The Kier molecular flexibility index (Phi) is 3.39. The van der Waals surface area contributed by atoms with E-state index in [1.54, 1.807) is 31.2 Å². The van der Waals surface area contributed by atoms with Crippen LogP contribution in [0.25, 0.3) is 11.0 Å². The number of hydrogen-bond acceptors (Lipinski definition) is 4. The minimum absolute atomic E-state index is 0.288. The highest BCUT2D eigenvalue weighted by Gasteiger charge is 2.17. The zero-order chi connectivity index (χ0) is 14.1. The predicted molar refractivity (Wildman–Crippen MR) is 71.7 cm³/mol.